The molecule has 2 rings (SSSR count). The van der Waals surface area contributed by atoms with Gasteiger partial charge in [0.05, 0.1) is 6.61 Å². The van der Waals surface area contributed by atoms with Crippen LogP contribution >= 0.6 is 0 Å². The van der Waals surface area contributed by atoms with Crippen molar-refractivity contribution in [2.24, 2.45) is 0 Å². The highest BCUT2D eigenvalue weighted by Gasteiger charge is 2.59. The molecule has 1 aliphatic heterocycles. The van der Waals surface area contributed by atoms with Crippen LogP contribution in [0.4, 0.5) is 14.6 Å². The van der Waals surface area contributed by atoms with E-state index in [4.69, 9.17) is 20.7 Å². The van der Waals surface area contributed by atoms with Crippen LogP contribution in [0, 0.1) is 0 Å². The fraction of sp³-hybridized carbons (Fsp3) is 0.636. The molecule has 1 aromatic rings. The molecule has 0 amide bonds. The average Bonchev–Trinajstić information content (AvgIpc) is 2.63. The number of aromatic nitrogens is 2. The molecular weight excluding hydrogens is 292 g/mol. The van der Waals surface area contributed by atoms with Gasteiger partial charge in [0.2, 0.25) is 6.23 Å². The Morgan fingerprint density at radius 2 is 2.10 bits per heavy atom. The summed E-state index contributed by atoms with van der Waals surface area (Å²) in [6.07, 6.45) is -4.69. The molecule has 8 nitrogen and oxygen atoms in total. The molecule has 21 heavy (non-hydrogen) atoms. The van der Waals surface area contributed by atoms with Crippen LogP contribution in [0.25, 0.3) is 0 Å². The third-order valence-electron chi connectivity index (χ3n) is 2.66. The Bertz CT molecular complexity index is 525. The first-order valence-electron chi connectivity index (χ1n) is 6.07. The fourth-order valence-corrected chi connectivity index (χ4v) is 1.72. The lowest BCUT2D eigenvalue weighted by molar-refractivity contribution is -0.140. The molecule has 10 heteroatoms. The van der Waals surface area contributed by atoms with Crippen molar-refractivity contribution in [3.05, 3.63) is 22.7 Å². The van der Waals surface area contributed by atoms with Gasteiger partial charge in [0.1, 0.15) is 11.9 Å². The van der Waals surface area contributed by atoms with Crippen molar-refractivity contribution in [1.82, 2.24) is 9.55 Å². The molecular formula is C11H17F2N3O5. The molecule has 1 fully saturated rings. The van der Waals surface area contributed by atoms with Crippen LogP contribution in [0.1, 0.15) is 13.2 Å². The first-order valence-corrected chi connectivity index (χ1v) is 6.07. The van der Waals surface area contributed by atoms with Gasteiger partial charge in [-0.3, -0.25) is 4.57 Å². The molecule has 5 N–H and O–H groups in total. The molecule has 3 atom stereocenters. The number of rotatable bonds is 2. The number of anilines is 1. The predicted molar refractivity (Wildman–Crippen MR) is 67.6 cm³/mol. The highest BCUT2D eigenvalue weighted by Crippen LogP contribution is 2.41. The van der Waals surface area contributed by atoms with E-state index >= 15 is 0 Å². The van der Waals surface area contributed by atoms with E-state index in [1.165, 1.54) is 0 Å². The highest BCUT2D eigenvalue weighted by atomic mass is 19.3. The van der Waals surface area contributed by atoms with Crippen LogP contribution in [0.15, 0.2) is 17.1 Å². The molecule has 120 valence electrons. The Kier molecular flexibility index (Phi) is 5.72. The normalized spacial score (nSPS) is 27.0. The third-order valence-corrected chi connectivity index (χ3v) is 2.66. The molecule has 0 saturated carbocycles. The molecule has 0 spiro atoms. The lowest BCUT2D eigenvalue weighted by atomic mass is 10.1. The van der Waals surface area contributed by atoms with E-state index in [-0.39, 0.29) is 12.4 Å². The van der Waals surface area contributed by atoms with Crippen molar-refractivity contribution < 1.29 is 28.8 Å². The van der Waals surface area contributed by atoms with Crippen LogP contribution in [-0.2, 0) is 4.74 Å². The number of nitrogen functional groups attached to an aromatic ring is 1. The lowest BCUT2D eigenvalue weighted by Crippen LogP contribution is -2.41. The average molecular weight is 309 g/mol. The maximum absolute atomic E-state index is 13.7. The van der Waals surface area contributed by atoms with Crippen molar-refractivity contribution in [2.45, 2.75) is 31.3 Å². The summed E-state index contributed by atoms with van der Waals surface area (Å²) in [5.74, 6) is -3.83. The van der Waals surface area contributed by atoms with Crippen LogP contribution in [0.5, 0.6) is 0 Å². The van der Waals surface area contributed by atoms with Gasteiger partial charge >= 0.3 is 11.6 Å². The minimum absolute atomic E-state index is 0.114. The van der Waals surface area contributed by atoms with Gasteiger partial charge in [-0.15, -0.1) is 0 Å². The zero-order chi connectivity index (χ0) is 16.2. The topological polar surface area (TPSA) is 131 Å². The van der Waals surface area contributed by atoms with E-state index in [0.29, 0.717) is 4.57 Å². The fourth-order valence-electron chi connectivity index (χ4n) is 1.72. The van der Waals surface area contributed by atoms with Gasteiger partial charge in [0.15, 0.2) is 6.10 Å². The summed E-state index contributed by atoms with van der Waals surface area (Å²) in [4.78, 5) is 14.7. The van der Waals surface area contributed by atoms with Crippen molar-refractivity contribution >= 4 is 5.82 Å². The van der Waals surface area contributed by atoms with E-state index in [2.05, 4.69) is 4.98 Å². The third kappa shape index (κ3) is 3.53. The van der Waals surface area contributed by atoms with Crippen molar-refractivity contribution in [2.75, 3.05) is 18.9 Å². The van der Waals surface area contributed by atoms with Gasteiger partial charge < -0.3 is 25.8 Å². The van der Waals surface area contributed by atoms with E-state index in [1.54, 1.807) is 6.92 Å². The molecule has 1 aliphatic rings. The summed E-state index contributed by atoms with van der Waals surface area (Å²) < 4.78 is 32.7. The zero-order valence-electron chi connectivity index (χ0n) is 11.2. The SMILES string of the molecule is CCO.Nc1ccn([C@@H]2O[C@H](CO)[C@@H](O)C2(F)F)c(=O)n1. The van der Waals surface area contributed by atoms with E-state index in [9.17, 15) is 18.7 Å². The van der Waals surface area contributed by atoms with Gasteiger partial charge in [-0.05, 0) is 13.0 Å². The molecule has 0 unspecified atom stereocenters. The van der Waals surface area contributed by atoms with Gasteiger partial charge in [-0.2, -0.15) is 13.8 Å². The number of hydrogen-bond donors (Lipinski definition) is 4. The van der Waals surface area contributed by atoms with Gasteiger partial charge in [-0.1, -0.05) is 0 Å². The number of nitrogens with zero attached hydrogens (tertiary/aromatic N) is 2. The van der Waals surface area contributed by atoms with Crippen LogP contribution < -0.4 is 11.4 Å². The molecule has 2 heterocycles. The quantitative estimate of drug-likeness (QED) is 0.534. The maximum atomic E-state index is 13.7. The standard InChI is InChI=1S/C9H11F2N3O4.C2H6O/c10-9(11)6(16)4(3-15)18-7(9)14-2-1-5(12)13-8(14)17;1-2-3/h1-2,4,6-7,15-16H,3H2,(H2,12,13,17);3H,2H2,1H3/t4-,6-,7-;/m1./s1. The van der Waals surface area contributed by atoms with E-state index < -0.39 is 36.7 Å². The molecule has 0 radical (unpaired) electrons. The second-order valence-electron chi connectivity index (χ2n) is 4.19. The number of nitrogens with two attached hydrogens (primary N) is 1. The summed E-state index contributed by atoms with van der Waals surface area (Å²) in [6, 6.07) is 1.15. The van der Waals surface area contributed by atoms with Crippen molar-refractivity contribution in [1.29, 1.82) is 0 Å². The highest BCUT2D eigenvalue weighted by molar-refractivity contribution is 5.23. The lowest BCUT2D eigenvalue weighted by Gasteiger charge is -2.20. The van der Waals surface area contributed by atoms with Crippen LogP contribution in [-0.4, -0.2) is 56.2 Å². The van der Waals surface area contributed by atoms with E-state index in [0.717, 1.165) is 12.3 Å². The summed E-state index contributed by atoms with van der Waals surface area (Å²) in [5, 5.41) is 25.7. The van der Waals surface area contributed by atoms with Gasteiger partial charge in [0, 0.05) is 12.8 Å². The first-order chi connectivity index (χ1) is 9.79. The molecule has 0 aliphatic carbocycles. The Balaban J connectivity index is 0.000000677. The summed E-state index contributed by atoms with van der Waals surface area (Å²) in [5.41, 5.74) is 4.21. The van der Waals surface area contributed by atoms with Crippen LogP contribution in [0.3, 0.4) is 0 Å². The summed E-state index contributed by atoms with van der Waals surface area (Å²) in [7, 11) is 0. The largest absolute Gasteiger partial charge is 0.397 e. The number of aliphatic hydroxyl groups is 3. The van der Waals surface area contributed by atoms with E-state index in [1.807, 2.05) is 0 Å². The van der Waals surface area contributed by atoms with Crippen molar-refractivity contribution in [3.63, 3.8) is 0 Å². The number of hydrogen-bond acceptors (Lipinski definition) is 7. The number of halogens is 2. The monoisotopic (exact) mass is 309 g/mol. The van der Waals surface area contributed by atoms with Crippen LogP contribution in [0.2, 0.25) is 0 Å². The Morgan fingerprint density at radius 1 is 1.52 bits per heavy atom. The van der Waals surface area contributed by atoms with Gasteiger partial charge in [-0.25, -0.2) is 4.79 Å². The molecule has 0 bridgehead atoms. The Morgan fingerprint density at radius 3 is 2.52 bits per heavy atom. The smallest absolute Gasteiger partial charge is 0.351 e. The summed E-state index contributed by atoms with van der Waals surface area (Å²) in [6.45, 7) is 1.14. The van der Waals surface area contributed by atoms with Gasteiger partial charge in [0.25, 0.3) is 0 Å². The number of aliphatic hydroxyl groups excluding tert-OH is 3. The number of ether oxygens (including phenoxy) is 1. The molecule has 0 aromatic carbocycles. The Hall–Kier alpha value is -1.62. The predicted octanol–water partition coefficient (Wildman–Crippen LogP) is -1.29. The van der Waals surface area contributed by atoms with Crippen molar-refractivity contribution in [3.8, 4) is 0 Å². The molecule has 1 saturated heterocycles. The second kappa shape index (κ2) is 6.89. The minimum atomic E-state index is -3.71. The Labute approximate surface area is 118 Å². The zero-order valence-corrected chi connectivity index (χ0v) is 11.2. The first kappa shape index (κ1) is 17.4. The minimum Gasteiger partial charge on any atom is -0.397 e. The number of alkyl halides is 2. The maximum Gasteiger partial charge on any atom is 0.351 e. The molecule has 1 aromatic heterocycles. The second-order valence-corrected chi connectivity index (χ2v) is 4.19. The summed E-state index contributed by atoms with van der Waals surface area (Å²) >= 11 is 0.